The van der Waals surface area contributed by atoms with Crippen molar-refractivity contribution in [2.75, 3.05) is 6.54 Å². The van der Waals surface area contributed by atoms with Crippen LogP contribution < -0.4 is 10.1 Å². The van der Waals surface area contributed by atoms with E-state index in [2.05, 4.69) is 5.32 Å². The van der Waals surface area contributed by atoms with E-state index >= 15 is 0 Å². The van der Waals surface area contributed by atoms with Crippen LogP contribution >= 0.6 is 0 Å². The normalized spacial score (nSPS) is 10.9. The second-order valence-corrected chi connectivity index (χ2v) is 7.12. The minimum Gasteiger partial charge on any atom is -0.489 e. The first-order valence-electron chi connectivity index (χ1n) is 9.82. The van der Waals surface area contributed by atoms with Crippen molar-refractivity contribution in [3.05, 3.63) is 101 Å². The minimum absolute atomic E-state index is 0.266. The van der Waals surface area contributed by atoms with Gasteiger partial charge in [0.05, 0.1) is 0 Å². The summed E-state index contributed by atoms with van der Waals surface area (Å²) >= 11 is 0. The molecule has 4 aromatic rings. The van der Waals surface area contributed by atoms with Crippen LogP contribution in [0.2, 0.25) is 0 Å². The molecule has 30 heavy (non-hydrogen) atoms. The Kier molecular flexibility index (Phi) is 5.80. The number of benzene rings is 3. The number of nitrogens with one attached hydrogen (secondary N) is 1. The third kappa shape index (κ3) is 4.51. The van der Waals surface area contributed by atoms with Gasteiger partial charge in [-0.15, -0.1) is 0 Å². The van der Waals surface area contributed by atoms with Crippen molar-refractivity contribution in [1.29, 1.82) is 0 Å². The van der Waals surface area contributed by atoms with Crippen molar-refractivity contribution in [2.24, 2.45) is 0 Å². The van der Waals surface area contributed by atoms with Gasteiger partial charge in [-0.1, -0.05) is 42.5 Å². The zero-order valence-corrected chi connectivity index (χ0v) is 16.7. The first-order valence-corrected chi connectivity index (χ1v) is 9.82. The second-order valence-electron chi connectivity index (χ2n) is 7.12. The molecule has 1 N–H and O–H groups in total. The zero-order valence-electron chi connectivity index (χ0n) is 16.7. The van der Waals surface area contributed by atoms with Crippen LogP contribution in [0.1, 0.15) is 27.2 Å². The Labute approximate surface area is 174 Å². The largest absolute Gasteiger partial charge is 0.489 e. The third-order valence-corrected chi connectivity index (χ3v) is 4.98. The molecule has 0 aliphatic rings. The number of hydrogen-bond acceptors (Lipinski definition) is 3. The van der Waals surface area contributed by atoms with Gasteiger partial charge in [0.2, 0.25) is 0 Å². The molecule has 0 unspecified atom stereocenters. The molecule has 1 amide bonds. The van der Waals surface area contributed by atoms with Crippen molar-refractivity contribution < 1.29 is 18.3 Å². The van der Waals surface area contributed by atoms with E-state index in [1.807, 2.05) is 49.4 Å². The van der Waals surface area contributed by atoms with E-state index in [1.165, 1.54) is 12.1 Å². The number of ether oxygens (including phenoxy) is 1. The SMILES string of the molecule is Cc1c(C(=O)NCCc2ccc(F)cc2)oc2cc(OCc3ccccc3)ccc12. The molecule has 1 heterocycles. The number of aryl methyl sites for hydroxylation is 1. The molecule has 3 aromatic carbocycles. The Hall–Kier alpha value is -3.60. The van der Waals surface area contributed by atoms with Crippen LogP contribution in [0.5, 0.6) is 5.75 Å². The fraction of sp³-hybridized carbons (Fsp3) is 0.160. The lowest BCUT2D eigenvalue weighted by atomic mass is 10.1. The molecule has 1 aromatic heterocycles. The molecule has 0 radical (unpaired) electrons. The van der Waals surface area contributed by atoms with Gasteiger partial charge in [0, 0.05) is 23.6 Å². The van der Waals surface area contributed by atoms with Crippen molar-refractivity contribution in [3.63, 3.8) is 0 Å². The Balaban J connectivity index is 1.41. The van der Waals surface area contributed by atoms with Crippen LogP contribution in [0.4, 0.5) is 4.39 Å². The number of amides is 1. The van der Waals surface area contributed by atoms with Crippen LogP contribution in [-0.2, 0) is 13.0 Å². The highest BCUT2D eigenvalue weighted by molar-refractivity contribution is 5.99. The Morgan fingerprint density at radius 3 is 2.53 bits per heavy atom. The van der Waals surface area contributed by atoms with E-state index in [1.54, 1.807) is 18.2 Å². The molecule has 4 rings (SSSR count). The summed E-state index contributed by atoms with van der Waals surface area (Å²) in [7, 11) is 0. The lowest BCUT2D eigenvalue weighted by Crippen LogP contribution is -2.25. The number of carbonyl (C=O) groups is 1. The number of hydrogen-bond donors (Lipinski definition) is 1. The van der Waals surface area contributed by atoms with Crippen LogP contribution in [-0.4, -0.2) is 12.5 Å². The lowest BCUT2D eigenvalue weighted by Gasteiger charge is -2.05. The standard InChI is InChI=1S/C25H22FNO3/c1-17-22-12-11-21(29-16-19-5-3-2-4-6-19)15-23(22)30-24(17)25(28)27-14-13-18-7-9-20(26)10-8-18/h2-12,15H,13-14,16H2,1H3,(H,27,28). The van der Waals surface area contributed by atoms with Gasteiger partial charge in [0.15, 0.2) is 5.76 Å². The highest BCUT2D eigenvalue weighted by atomic mass is 19.1. The average Bonchev–Trinajstić information content (AvgIpc) is 3.10. The molecule has 0 aliphatic carbocycles. The molecule has 0 atom stereocenters. The number of furan rings is 1. The van der Waals surface area contributed by atoms with E-state index in [0.717, 1.165) is 22.1 Å². The van der Waals surface area contributed by atoms with Crippen LogP contribution in [0.3, 0.4) is 0 Å². The smallest absolute Gasteiger partial charge is 0.287 e. The average molecular weight is 403 g/mol. The maximum Gasteiger partial charge on any atom is 0.287 e. The molecule has 0 bridgehead atoms. The van der Waals surface area contributed by atoms with Gasteiger partial charge < -0.3 is 14.5 Å². The van der Waals surface area contributed by atoms with Crippen molar-refractivity contribution in [1.82, 2.24) is 5.32 Å². The van der Waals surface area contributed by atoms with Gasteiger partial charge in [0.1, 0.15) is 23.8 Å². The maximum atomic E-state index is 13.0. The Morgan fingerprint density at radius 1 is 1.00 bits per heavy atom. The van der Waals surface area contributed by atoms with Crippen LogP contribution in [0.15, 0.2) is 77.2 Å². The van der Waals surface area contributed by atoms with E-state index < -0.39 is 0 Å². The van der Waals surface area contributed by atoms with Gasteiger partial charge in [-0.3, -0.25) is 4.79 Å². The molecule has 4 nitrogen and oxygen atoms in total. The van der Waals surface area contributed by atoms with Crippen molar-refractivity contribution in [2.45, 2.75) is 20.0 Å². The summed E-state index contributed by atoms with van der Waals surface area (Å²) in [4.78, 5) is 12.6. The molecule has 152 valence electrons. The monoisotopic (exact) mass is 403 g/mol. The fourth-order valence-electron chi connectivity index (χ4n) is 3.30. The van der Waals surface area contributed by atoms with Crippen molar-refractivity contribution in [3.8, 4) is 5.75 Å². The van der Waals surface area contributed by atoms with Gasteiger partial charge in [-0.25, -0.2) is 4.39 Å². The topological polar surface area (TPSA) is 51.5 Å². The van der Waals surface area contributed by atoms with Gasteiger partial charge >= 0.3 is 0 Å². The van der Waals surface area contributed by atoms with Crippen LogP contribution in [0, 0.1) is 12.7 Å². The molecule has 0 aliphatic heterocycles. The molecule has 0 saturated heterocycles. The van der Waals surface area contributed by atoms with E-state index in [9.17, 15) is 9.18 Å². The van der Waals surface area contributed by atoms with E-state index in [-0.39, 0.29) is 11.7 Å². The summed E-state index contributed by atoms with van der Waals surface area (Å²) in [6.45, 7) is 2.76. The molecule has 0 spiro atoms. The predicted molar refractivity (Wildman–Crippen MR) is 114 cm³/mol. The summed E-state index contributed by atoms with van der Waals surface area (Å²) in [5.74, 6) is 0.443. The first kappa shape index (κ1) is 19.7. The summed E-state index contributed by atoms with van der Waals surface area (Å²) in [5.41, 5.74) is 3.44. The highest BCUT2D eigenvalue weighted by Crippen LogP contribution is 2.29. The van der Waals surface area contributed by atoms with Crippen molar-refractivity contribution >= 4 is 16.9 Å². The number of fused-ring (bicyclic) bond motifs is 1. The summed E-state index contributed by atoms with van der Waals surface area (Å²) in [5, 5.41) is 3.75. The lowest BCUT2D eigenvalue weighted by molar-refractivity contribution is 0.0927. The van der Waals surface area contributed by atoms with Gasteiger partial charge in [-0.2, -0.15) is 0 Å². The minimum atomic E-state index is -0.271. The zero-order chi connectivity index (χ0) is 20.9. The molecule has 5 heteroatoms. The highest BCUT2D eigenvalue weighted by Gasteiger charge is 2.17. The number of carbonyl (C=O) groups excluding carboxylic acids is 1. The Bertz CT molecular complexity index is 1150. The molecule has 0 saturated carbocycles. The van der Waals surface area contributed by atoms with E-state index in [4.69, 9.17) is 9.15 Å². The van der Waals surface area contributed by atoms with Crippen LogP contribution in [0.25, 0.3) is 11.0 Å². The number of rotatable bonds is 7. The quantitative estimate of drug-likeness (QED) is 0.448. The Morgan fingerprint density at radius 2 is 1.77 bits per heavy atom. The molecular formula is C25H22FNO3. The summed E-state index contributed by atoms with van der Waals surface area (Å²) in [6, 6.07) is 21.8. The van der Waals surface area contributed by atoms with Gasteiger partial charge in [-0.05, 0) is 48.7 Å². The third-order valence-electron chi connectivity index (χ3n) is 4.98. The fourth-order valence-corrected chi connectivity index (χ4v) is 3.30. The maximum absolute atomic E-state index is 13.0. The summed E-state index contributed by atoms with van der Waals surface area (Å²) in [6.07, 6.45) is 0.614. The molecular weight excluding hydrogens is 381 g/mol. The van der Waals surface area contributed by atoms with Gasteiger partial charge in [0.25, 0.3) is 5.91 Å². The second kappa shape index (κ2) is 8.82. The number of halogens is 1. The first-order chi connectivity index (χ1) is 14.6. The predicted octanol–water partition coefficient (Wildman–Crippen LogP) is 5.43. The van der Waals surface area contributed by atoms with E-state index in [0.29, 0.717) is 36.7 Å². The summed E-state index contributed by atoms with van der Waals surface area (Å²) < 4.78 is 24.7. The molecule has 0 fully saturated rings.